The number of hydrogen-bond acceptors (Lipinski definition) is 1. The predicted octanol–water partition coefficient (Wildman–Crippen LogP) is 6.88. The summed E-state index contributed by atoms with van der Waals surface area (Å²) in [6, 6.07) is 17.5. The van der Waals surface area contributed by atoms with Gasteiger partial charge in [0.1, 0.15) is 11.3 Å². The lowest BCUT2D eigenvalue weighted by Crippen LogP contribution is -2.48. The van der Waals surface area contributed by atoms with Crippen molar-refractivity contribution >= 4 is 11.0 Å². The number of rotatable bonds is 2. The average Bonchev–Trinajstić information content (AvgIpc) is 3.04. The van der Waals surface area contributed by atoms with E-state index in [1.165, 1.54) is 60.6 Å². The minimum Gasteiger partial charge on any atom is -0.456 e. The number of fused-ring (bicyclic) bond motifs is 1. The smallest absolute Gasteiger partial charge is 0.138 e. The maximum atomic E-state index is 6.53. The Labute approximate surface area is 155 Å². The molecule has 1 heteroatoms. The average molecular weight is 342 g/mol. The monoisotopic (exact) mass is 342 g/mol. The molecule has 0 unspecified atom stereocenters. The lowest BCUT2D eigenvalue weighted by molar-refractivity contribution is -0.00489. The molecule has 0 atom stereocenters. The van der Waals surface area contributed by atoms with E-state index in [-0.39, 0.29) is 0 Å². The van der Waals surface area contributed by atoms with Gasteiger partial charge in [-0.25, -0.2) is 0 Å². The predicted molar refractivity (Wildman–Crippen MR) is 106 cm³/mol. The summed E-state index contributed by atoms with van der Waals surface area (Å²) in [7, 11) is 0. The molecule has 1 nitrogen and oxygen atoms in total. The summed E-state index contributed by atoms with van der Waals surface area (Å²) in [6.07, 6.45) is 8.63. The van der Waals surface area contributed by atoms with E-state index in [9.17, 15) is 0 Å². The minimum atomic E-state index is 0.380. The molecule has 3 aromatic rings. The SMILES string of the molecule is Cc1cc(C23CC4CC(CC(C4)C2)C3)c2oc(-c3ccccc3)cc2c1. The molecule has 132 valence electrons. The summed E-state index contributed by atoms with van der Waals surface area (Å²) in [5.41, 5.74) is 5.62. The molecule has 4 aliphatic rings. The molecule has 4 saturated carbocycles. The van der Waals surface area contributed by atoms with E-state index in [0.29, 0.717) is 5.41 Å². The summed E-state index contributed by atoms with van der Waals surface area (Å²) in [6.45, 7) is 2.25. The first-order valence-corrected chi connectivity index (χ1v) is 10.3. The van der Waals surface area contributed by atoms with E-state index in [1.807, 2.05) is 0 Å². The van der Waals surface area contributed by atoms with Crippen molar-refractivity contribution < 1.29 is 4.42 Å². The molecule has 4 fully saturated rings. The fraction of sp³-hybridized carbons (Fsp3) is 0.440. The van der Waals surface area contributed by atoms with E-state index in [1.54, 1.807) is 0 Å². The van der Waals surface area contributed by atoms with Crippen molar-refractivity contribution in [3.8, 4) is 11.3 Å². The van der Waals surface area contributed by atoms with Gasteiger partial charge >= 0.3 is 0 Å². The summed E-state index contributed by atoms with van der Waals surface area (Å²) in [5, 5.41) is 1.29. The van der Waals surface area contributed by atoms with E-state index in [4.69, 9.17) is 4.42 Å². The Balaban J connectivity index is 1.54. The standard InChI is InChI=1S/C25H26O/c1-16-7-21-12-23(20-5-3-2-4-6-20)26-24(21)22(8-16)25-13-17-9-18(14-25)11-19(10-17)15-25/h2-8,12,17-19H,9-11,13-15H2,1H3. The van der Waals surface area contributed by atoms with Crippen LogP contribution in [0.25, 0.3) is 22.3 Å². The van der Waals surface area contributed by atoms with Crippen molar-refractivity contribution in [3.05, 3.63) is 59.7 Å². The van der Waals surface area contributed by atoms with Crippen LogP contribution >= 0.6 is 0 Å². The lowest BCUT2D eigenvalue weighted by atomic mass is 9.48. The van der Waals surface area contributed by atoms with Crippen molar-refractivity contribution in [2.45, 2.75) is 50.9 Å². The van der Waals surface area contributed by atoms with Crippen LogP contribution in [0.2, 0.25) is 0 Å². The summed E-state index contributed by atoms with van der Waals surface area (Å²) >= 11 is 0. The molecule has 7 rings (SSSR count). The molecule has 1 aromatic heterocycles. The molecule has 4 bridgehead atoms. The van der Waals surface area contributed by atoms with Gasteiger partial charge in [0.15, 0.2) is 0 Å². The van der Waals surface area contributed by atoms with Gasteiger partial charge in [0.05, 0.1) is 0 Å². The molecular weight excluding hydrogens is 316 g/mol. The quantitative estimate of drug-likeness (QED) is 0.495. The fourth-order valence-electron chi connectivity index (χ4n) is 6.88. The Morgan fingerprint density at radius 3 is 2.15 bits per heavy atom. The topological polar surface area (TPSA) is 13.1 Å². The van der Waals surface area contributed by atoms with Crippen LogP contribution in [0.4, 0.5) is 0 Å². The van der Waals surface area contributed by atoms with Gasteiger partial charge in [0.2, 0.25) is 0 Å². The number of benzene rings is 2. The van der Waals surface area contributed by atoms with Gasteiger partial charge in [-0.1, -0.05) is 36.4 Å². The molecule has 0 radical (unpaired) electrons. The zero-order chi connectivity index (χ0) is 17.3. The first kappa shape index (κ1) is 15.1. The van der Waals surface area contributed by atoms with Crippen LogP contribution in [0.3, 0.4) is 0 Å². The Hall–Kier alpha value is -2.02. The van der Waals surface area contributed by atoms with Crippen LogP contribution in [0.5, 0.6) is 0 Å². The second-order valence-corrected chi connectivity index (χ2v) is 9.41. The molecule has 0 amide bonds. The van der Waals surface area contributed by atoms with Gasteiger partial charge in [0, 0.05) is 16.5 Å². The van der Waals surface area contributed by atoms with Crippen molar-refractivity contribution in [2.75, 3.05) is 0 Å². The Morgan fingerprint density at radius 2 is 1.50 bits per heavy atom. The first-order chi connectivity index (χ1) is 12.7. The fourth-order valence-corrected chi connectivity index (χ4v) is 6.88. The van der Waals surface area contributed by atoms with Crippen LogP contribution in [0.15, 0.2) is 52.9 Å². The van der Waals surface area contributed by atoms with Crippen LogP contribution < -0.4 is 0 Å². The largest absolute Gasteiger partial charge is 0.456 e. The summed E-state index contributed by atoms with van der Waals surface area (Å²) in [5.74, 6) is 3.89. The zero-order valence-electron chi connectivity index (χ0n) is 15.5. The van der Waals surface area contributed by atoms with Crippen LogP contribution in [-0.4, -0.2) is 0 Å². The van der Waals surface area contributed by atoms with Crippen LogP contribution in [-0.2, 0) is 5.41 Å². The minimum absolute atomic E-state index is 0.380. The van der Waals surface area contributed by atoms with Gasteiger partial charge in [-0.2, -0.15) is 0 Å². The lowest BCUT2D eigenvalue weighted by Gasteiger charge is -2.57. The summed E-state index contributed by atoms with van der Waals surface area (Å²) in [4.78, 5) is 0. The Morgan fingerprint density at radius 1 is 0.846 bits per heavy atom. The Bertz CT molecular complexity index is 943. The maximum absolute atomic E-state index is 6.53. The second kappa shape index (κ2) is 5.25. The van der Waals surface area contributed by atoms with Crippen molar-refractivity contribution in [1.82, 2.24) is 0 Å². The van der Waals surface area contributed by atoms with Gasteiger partial charge in [-0.3, -0.25) is 0 Å². The van der Waals surface area contributed by atoms with Crippen LogP contribution in [0, 0.1) is 24.7 Å². The number of furan rings is 1. The molecule has 1 heterocycles. The third-order valence-corrected chi connectivity index (χ3v) is 7.43. The highest BCUT2D eigenvalue weighted by molar-refractivity contribution is 5.87. The highest BCUT2D eigenvalue weighted by atomic mass is 16.3. The normalized spacial score (nSPS) is 32.4. The number of aryl methyl sites for hydroxylation is 1. The number of hydrogen-bond donors (Lipinski definition) is 0. The molecule has 0 aliphatic heterocycles. The highest BCUT2D eigenvalue weighted by Crippen LogP contribution is 2.61. The maximum Gasteiger partial charge on any atom is 0.138 e. The summed E-state index contributed by atoms with van der Waals surface area (Å²) < 4.78 is 6.53. The first-order valence-electron chi connectivity index (χ1n) is 10.3. The van der Waals surface area contributed by atoms with Gasteiger partial charge in [0.25, 0.3) is 0 Å². The molecule has 26 heavy (non-hydrogen) atoms. The molecule has 0 N–H and O–H groups in total. The molecule has 0 spiro atoms. The van der Waals surface area contributed by atoms with E-state index < -0.39 is 0 Å². The van der Waals surface area contributed by atoms with E-state index >= 15 is 0 Å². The van der Waals surface area contributed by atoms with Gasteiger partial charge in [-0.15, -0.1) is 0 Å². The van der Waals surface area contributed by atoms with Crippen molar-refractivity contribution in [3.63, 3.8) is 0 Å². The van der Waals surface area contributed by atoms with E-state index in [2.05, 4.69) is 55.5 Å². The van der Waals surface area contributed by atoms with Crippen LogP contribution in [0.1, 0.15) is 49.7 Å². The van der Waals surface area contributed by atoms with E-state index in [0.717, 1.165) is 29.1 Å². The van der Waals surface area contributed by atoms with Crippen molar-refractivity contribution in [2.24, 2.45) is 17.8 Å². The second-order valence-electron chi connectivity index (χ2n) is 9.41. The van der Waals surface area contributed by atoms with Gasteiger partial charge in [-0.05, 0) is 86.3 Å². The molecule has 0 saturated heterocycles. The third-order valence-electron chi connectivity index (χ3n) is 7.43. The third kappa shape index (κ3) is 2.16. The highest BCUT2D eigenvalue weighted by Gasteiger charge is 2.52. The zero-order valence-corrected chi connectivity index (χ0v) is 15.5. The molecule has 4 aliphatic carbocycles. The van der Waals surface area contributed by atoms with Gasteiger partial charge < -0.3 is 4.42 Å². The molecule has 2 aromatic carbocycles. The Kier molecular flexibility index (Phi) is 3.05. The van der Waals surface area contributed by atoms with Crippen molar-refractivity contribution in [1.29, 1.82) is 0 Å². The molecular formula is C25H26O.